The third-order valence-corrected chi connectivity index (χ3v) is 2.86. The number of nitrogens with one attached hydrogen (secondary N) is 1. The lowest BCUT2D eigenvalue weighted by Crippen LogP contribution is -2.13. The van der Waals surface area contributed by atoms with Gasteiger partial charge in [-0.1, -0.05) is 5.57 Å². The van der Waals surface area contributed by atoms with Crippen LogP contribution in [0.3, 0.4) is 0 Å². The highest BCUT2D eigenvalue weighted by Crippen LogP contribution is 2.16. The molecular formula is C12H19N3. The summed E-state index contributed by atoms with van der Waals surface area (Å²) < 4.78 is 1.96. The molecule has 1 N–H and O–H groups in total. The Morgan fingerprint density at radius 3 is 3.00 bits per heavy atom. The average Bonchev–Trinajstić information content (AvgIpc) is 2.44. The Bertz CT molecular complexity index is 353. The fraction of sp³-hybridized carbons (Fsp3) is 0.583. The average molecular weight is 205 g/mol. The van der Waals surface area contributed by atoms with E-state index in [4.69, 9.17) is 0 Å². The van der Waals surface area contributed by atoms with E-state index in [0.717, 1.165) is 18.8 Å². The van der Waals surface area contributed by atoms with Gasteiger partial charge in [-0.2, -0.15) is 5.10 Å². The molecule has 1 aliphatic rings. The molecule has 82 valence electrons. The summed E-state index contributed by atoms with van der Waals surface area (Å²) in [5.74, 6) is 0. The van der Waals surface area contributed by atoms with Gasteiger partial charge in [-0.25, -0.2) is 0 Å². The van der Waals surface area contributed by atoms with Crippen LogP contribution < -0.4 is 5.32 Å². The lowest BCUT2D eigenvalue weighted by molar-refractivity contribution is 0.703. The van der Waals surface area contributed by atoms with Crippen LogP contribution in [0, 0.1) is 6.92 Å². The smallest absolute Gasteiger partial charge is 0.0608 e. The third kappa shape index (κ3) is 2.69. The lowest BCUT2D eigenvalue weighted by Gasteiger charge is -2.02. The van der Waals surface area contributed by atoms with Crippen molar-refractivity contribution < 1.29 is 0 Å². The second-order valence-corrected chi connectivity index (χ2v) is 4.24. The Morgan fingerprint density at radius 2 is 2.27 bits per heavy atom. The van der Waals surface area contributed by atoms with E-state index in [-0.39, 0.29) is 0 Å². The number of aromatic nitrogens is 2. The maximum absolute atomic E-state index is 4.36. The van der Waals surface area contributed by atoms with E-state index < -0.39 is 0 Å². The van der Waals surface area contributed by atoms with Gasteiger partial charge in [-0.05, 0) is 51.4 Å². The highest BCUT2D eigenvalue weighted by molar-refractivity contribution is 5.49. The van der Waals surface area contributed by atoms with Crippen molar-refractivity contribution in [1.29, 1.82) is 0 Å². The van der Waals surface area contributed by atoms with Gasteiger partial charge in [0.1, 0.15) is 0 Å². The number of nitrogens with zero attached hydrogens (tertiary/aromatic N) is 2. The van der Waals surface area contributed by atoms with Crippen molar-refractivity contribution in [3.8, 4) is 0 Å². The summed E-state index contributed by atoms with van der Waals surface area (Å²) in [7, 11) is 2.01. The molecule has 0 spiro atoms. The Labute approximate surface area is 91.2 Å². The minimum atomic E-state index is 1.09. The molecule has 1 aromatic rings. The molecule has 2 heterocycles. The van der Waals surface area contributed by atoms with Gasteiger partial charge in [0, 0.05) is 7.05 Å². The summed E-state index contributed by atoms with van der Waals surface area (Å²) >= 11 is 0. The van der Waals surface area contributed by atoms with Gasteiger partial charge in [0.05, 0.1) is 11.4 Å². The number of aryl methyl sites for hydroxylation is 2. The van der Waals surface area contributed by atoms with E-state index in [1.807, 2.05) is 18.7 Å². The number of rotatable bonds is 1. The fourth-order valence-corrected chi connectivity index (χ4v) is 2.06. The second kappa shape index (κ2) is 4.62. The maximum Gasteiger partial charge on any atom is 0.0608 e. The first-order valence-electron chi connectivity index (χ1n) is 5.66. The first kappa shape index (κ1) is 10.4. The molecule has 0 saturated carbocycles. The maximum atomic E-state index is 4.36. The van der Waals surface area contributed by atoms with Crippen LogP contribution in [-0.4, -0.2) is 22.9 Å². The molecule has 1 saturated heterocycles. The van der Waals surface area contributed by atoms with Crippen LogP contribution in [0.15, 0.2) is 11.6 Å². The third-order valence-electron chi connectivity index (χ3n) is 2.86. The Morgan fingerprint density at radius 1 is 1.40 bits per heavy atom. The predicted molar refractivity (Wildman–Crippen MR) is 62.6 cm³/mol. The van der Waals surface area contributed by atoms with Gasteiger partial charge in [-0.3, -0.25) is 4.68 Å². The van der Waals surface area contributed by atoms with Gasteiger partial charge in [0.15, 0.2) is 0 Å². The Hall–Kier alpha value is -1.09. The van der Waals surface area contributed by atoms with Gasteiger partial charge in [0.25, 0.3) is 0 Å². The van der Waals surface area contributed by atoms with E-state index in [0.29, 0.717) is 0 Å². The van der Waals surface area contributed by atoms with Gasteiger partial charge in [-0.15, -0.1) is 0 Å². The van der Waals surface area contributed by atoms with Crippen LogP contribution in [0.5, 0.6) is 0 Å². The molecule has 0 amide bonds. The minimum absolute atomic E-state index is 1.09. The minimum Gasteiger partial charge on any atom is -0.316 e. The van der Waals surface area contributed by atoms with Crippen molar-refractivity contribution in [2.45, 2.75) is 26.2 Å². The summed E-state index contributed by atoms with van der Waals surface area (Å²) in [6, 6.07) is 2.14. The summed E-state index contributed by atoms with van der Waals surface area (Å²) in [6.45, 7) is 4.31. The van der Waals surface area contributed by atoms with Crippen molar-refractivity contribution in [2.24, 2.45) is 7.05 Å². The van der Waals surface area contributed by atoms with Crippen molar-refractivity contribution in [3.05, 3.63) is 23.0 Å². The van der Waals surface area contributed by atoms with E-state index in [9.17, 15) is 0 Å². The monoisotopic (exact) mass is 205 g/mol. The molecule has 0 aliphatic carbocycles. The zero-order chi connectivity index (χ0) is 10.7. The molecule has 3 heteroatoms. The van der Waals surface area contributed by atoms with Crippen molar-refractivity contribution in [2.75, 3.05) is 13.1 Å². The molecule has 0 atom stereocenters. The lowest BCUT2D eigenvalue weighted by atomic mass is 10.1. The van der Waals surface area contributed by atoms with E-state index in [1.165, 1.54) is 25.0 Å². The van der Waals surface area contributed by atoms with Crippen molar-refractivity contribution >= 4 is 6.08 Å². The fourth-order valence-electron chi connectivity index (χ4n) is 2.06. The second-order valence-electron chi connectivity index (χ2n) is 4.24. The molecule has 0 unspecified atom stereocenters. The molecule has 0 aromatic carbocycles. The molecule has 2 rings (SSSR count). The zero-order valence-corrected chi connectivity index (χ0v) is 9.58. The molecular weight excluding hydrogens is 186 g/mol. The molecule has 0 radical (unpaired) electrons. The van der Waals surface area contributed by atoms with Crippen LogP contribution in [0.4, 0.5) is 0 Å². The summed E-state index contributed by atoms with van der Waals surface area (Å²) in [4.78, 5) is 0. The molecule has 0 bridgehead atoms. The number of hydrogen-bond donors (Lipinski definition) is 1. The van der Waals surface area contributed by atoms with Crippen LogP contribution in [-0.2, 0) is 7.05 Å². The first-order valence-corrected chi connectivity index (χ1v) is 5.66. The summed E-state index contributed by atoms with van der Waals surface area (Å²) in [5, 5.41) is 7.78. The Kier molecular flexibility index (Phi) is 3.21. The topological polar surface area (TPSA) is 29.9 Å². The predicted octanol–water partition coefficient (Wildman–Crippen LogP) is 1.89. The first-order chi connectivity index (χ1) is 7.25. The quantitative estimate of drug-likeness (QED) is 0.758. The summed E-state index contributed by atoms with van der Waals surface area (Å²) in [6.07, 6.45) is 5.94. The molecule has 15 heavy (non-hydrogen) atoms. The van der Waals surface area contributed by atoms with Crippen LogP contribution in [0.25, 0.3) is 6.08 Å². The Balaban J connectivity index is 2.16. The van der Waals surface area contributed by atoms with Crippen molar-refractivity contribution in [1.82, 2.24) is 15.1 Å². The SMILES string of the molecule is Cc1cc(/C=C2/CCCNCC2)n(C)n1. The molecule has 1 fully saturated rings. The van der Waals surface area contributed by atoms with Crippen LogP contribution >= 0.6 is 0 Å². The van der Waals surface area contributed by atoms with Crippen LogP contribution in [0.1, 0.15) is 30.7 Å². The zero-order valence-electron chi connectivity index (χ0n) is 9.58. The van der Waals surface area contributed by atoms with E-state index >= 15 is 0 Å². The standard InChI is InChI=1S/C12H19N3/c1-10-8-12(15(2)14-10)9-11-4-3-6-13-7-5-11/h8-9,13H,3-7H2,1-2H3/b11-9-. The van der Waals surface area contributed by atoms with Gasteiger partial charge >= 0.3 is 0 Å². The molecule has 3 nitrogen and oxygen atoms in total. The molecule has 1 aromatic heterocycles. The highest BCUT2D eigenvalue weighted by atomic mass is 15.3. The molecule has 1 aliphatic heterocycles. The van der Waals surface area contributed by atoms with Crippen LogP contribution in [0.2, 0.25) is 0 Å². The largest absolute Gasteiger partial charge is 0.316 e. The van der Waals surface area contributed by atoms with Gasteiger partial charge < -0.3 is 5.32 Å². The number of hydrogen-bond acceptors (Lipinski definition) is 2. The van der Waals surface area contributed by atoms with E-state index in [2.05, 4.69) is 22.6 Å². The normalized spacial score (nSPS) is 20.5. The summed E-state index contributed by atoms with van der Waals surface area (Å²) in [5.41, 5.74) is 3.86. The van der Waals surface area contributed by atoms with Crippen molar-refractivity contribution in [3.63, 3.8) is 0 Å². The van der Waals surface area contributed by atoms with E-state index in [1.54, 1.807) is 5.57 Å². The van der Waals surface area contributed by atoms with Gasteiger partial charge in [0.2, 0.25) is 0 Å². The highest BCUT2D eigenvalue weighted by Gasteiger charge is 2.05.